The van der Waals surface area contributed by atoms with Crippen molar-refractivity contribution in [2.24, 2.45) is 0 Å². The highest BCUT2D eigenvalue weighted by molar-refractivity contribution is 4.76. The zero-order chi connectivity index (χ0) is 8.32. The van der Waals surface area contributed by atoms with Gasteiger partial charge in [0.2, 0.25) is 0 Å². The van der Waals surface area contributed by atoms with Gasteiger partial charge < -0.3 is 18.9 Å². The lowest BCUT2D eigenvalue weighted by Gasteiger charge is -2.23. The van der Waals surface area contributed by atoms with E-state index in [1.54, 1.807) is 21.3 Å². The summed E-state index contributed by atoms with van der Waals surface area (Å²) in [5.74, 6) is -0.597. The van der Waals surface area contributed by atoms with E-state index in [4.69, 9.17) is 18.9 Å². The van der Waals surface area contributed by atoms with Gasteiger partial charge in [-0.25, -0.2) is 0 Å². The minimum absolute atomic E-state index is 0.199. The van der Waals surface area contributed by atoms with Crippen LogP contribution >= 0.6 is 0 Å². The molecule has 1 rings (SSSR count). The molecule has 1 heterocycles. The molecule has 11 heavy (non-hydrogen) atoms. The van der Waals surface area contributed by atoms with Gasteiger partial charge in [0.05, 0.1) is 6.42 Å². The van der Waals surface area contributed by atoms with E-state index in [1.165, 1.54) is 0 Å². The average Bonchev–Trinajstić information content (AvgIpc) is 2.49. The maximum absolute atomic E-state index is 5.23. The van der Waals surface area contributed by atoms with Gasteiger partial charge in [-0.1, -0.05) is 0 Å². The summed E-state index contributed by atoms with van der Waals surface area (Å²) >= 11 is 0. The molecule has 1 saturated heterocycles. The van der Waals surface area contributed by atoms with Crippen molar-refractivity contribution in [1.29, 1.82) is 0 Å². The monoisotopic (exact) mass is 162 g/mol. The van der Waals surface area contributed by atoms with Crippen molar-refractivity contribution in [1.82, 2.24) is 0 Å². The molecular weight excluding hydrogens is 148 g/mol. The summed E-state index contributed by atoms with van der Waals surface area (Å²) in [4.78, 5) is 0. The average molecular weight is 162 g/mol. The minimum atomic E-state index is -0.597. The number of hydrogen-bond donors (Lipinski definition) is 0. The van der Waals surface area contributed by atoms with Crippen molar-refractivity contribution in [3.8, 4) is 0 Å². The Hall–Kier alpha value is -0.160. The highest BCUT2D eigenvalue weighted by Gasteiger charge is 2.40. The first kappa shape index (κ1) is 8.93. The largest absolute Gasteiger partial charge is 0.356 e. The number of hydrogen-bond acceptors (Lipinski definition) is 4. The van der Waals surface area contributed by atoms with Crippen LogP contribution in [0.4, 0.5) is 0 Å². The molecule has 1 aliphatic heterocycles. The molecule has 66 valence electrons. The molecule has 0 N–H and O–H groups in total. The third-order valence-electron chi connectivity index (χ3n) is 1.97. The molecule has 0 aromatic rings. The van der Waals surface area contributed by atoms with Gasteiger partial charge in [-0.05, 0) is 0 Å². The minimum Gasteiger partial charge on any atom is -0.356 e. The molecule has 4 nitrogen and oxygen atoms in total. The van der Waals surface area contributed by atoms with Crippen LogP contribution in [0.15, 0.2) is 0 Å². The Kier molecular flexibility index (Phi) is 2.84. The maximum Gasteiger partial charge on any atom is 0.196 e. The van der Waals surface area contributed by atoms with E-state index in [0.717, 1.165) is 0 Å². The van der Waals surface area contributed by atoms with E-state index in [9.17, 15) is 0 Å². The maximum atomic E-state index is 5.23. The molecule has 1 fully saturated rings. The molecule has 0 aliphatic carbocycles. The van der Waals surface area contributed by atoms with Crippen LogP contribution in [0.3, 0.4) is 0 Å². The summed E-state index contributed by atoms with van der Waals surface area (Å²) in [5.41, 5.74) is 0. The van der Waals surface area contributed by atoms with Crippen LogP contribution in [0.2, 0.25) is 0 Å². The van der Waals surface area contributed by atoms with Gasteiger partial charge in [0.1, 0.15) is 6.61 Å². The second-order valence-corrected chi connectivity index (χ2v) is 2.50. The van der Waals surface area contributed by atoms with Crippen molar-refractivity contribution in [2.45, 2.75) is 18.5 Å². The smallest absolute Gasteiger partial charge is 0.196 e. The first-order valence-electron chi connectivity index (χ1n) is 3.51. The molecule has 4 heteroatoms. The first-order chi connectivity index (χ1) is 5.26. The summed E-state index contributed by atoms with van der Waals surface area (Å²) in [6.45, 7) is 0.429. The summed E-state index contributed by atoms with van der Waals surface area (Å²) in [7, 11) is 4.81. The van der Waals surface area contributed by atoms with Crippen LogP contribution in [-0.4, -0.2) is 40.0 Å². The Morgan fingerprint density at radius 1 is 1.27 bits per heavy atom. The topological polar surface area (TPSA) is 36.9 Å². The summed E-state index contributed by atoms with van der Waals surface area (Å²) in [5, 5.41) is 0. The summed E-state index contributed by atoms with van der Waals surface area (Å²) < 4.78 is 20.5. The van der Waals surface area contributed by atoms with Gasteiger partial charge in [-0.2, -0.15) is 0 Å². The zero-order valence-corrected chi connectivity index (χ0v) is 7.12. The molecule has 0 aromatic heterocycles. The first-order valence-corrected chi connectivity index (χ1v) is 3.51. The molecule has 0 saturated carbocycles. The SMILES string of the molecule is COC1CC(OC)(OC)CO1. The van der Waals surface area contributed by atoms with E-state index in [2.05, 4.69) is 0 Å². The van der Waals surface area contributed by atoms with Gasteiger partial charge >= 0.3 is 0 Å². The lowest BCUT2D eigenvalue weighted by molar-refractivity contribution is -0.202. The summed E-state index contributed by atoms with van der Waals surface area (Å²) in [6.07, 6.45) is 0.422. The Balaban J connectivity index is 2.48. The highest BCUT2D eigenvalue weighted by Crippen LogP contribution is 2.27. The zero-order valence-electron chi connectivity index (χ0n) is 7.12. The molecule has 1 unspecified atom stereocenters. The van der Waals surface area contributed by atoms with Gasteiger partial charge in [-0.3, -0.25) is 0 Å². The van der Waals surface area contributed by atoms with Crippen molar-refractivity contribution < 1.29 is 18.9 Å². The fourth-order valence-electron chi connectivity index (χ4n) is 1.11. The van der Waals surface area contributed by atoms with Crippen LogP contribution in [0.5, 0.6) is 0 Å². The Bertz CT molecular complexity index is 122. The van der Waals surface area contributed by atoms with Crippen LogP contribution < -0.4 is 0 Å². The van der Waals surface area contributed by atoms with Crippen LogP contribution in [0, 0.1) is 0 Å². The molecule has 0 spiro atoms. The van der Waals surface area contributed by atoms with Crippen LogP contribution in [-0.2, 0) is 18.9 Å². The fourth-order valence-corrected chi connectivity index (χ4v) is 1.11. The van der Waals surface area contributed by atoms with Gasteiger partial charge in [0.15, 0.2) is 12.1 Å². The Morgan fingerprint density at radius 2 is 1.91 bits per heavy atom. The quantitative estimate of drug-likeness (QED) is 0.562. The fraction of sp³-hybridized carbons (Fsp3) is 1.00. The molecule has 0 aromatic carbocycles. The molecule has 1 aliphatic rings. The second kappa shape index (κ2) is 3.49. The number of rotatable bonds is 3. The Labute approximate surface area is 66.4 Å². The van der Waals surface area contributed by atoms with E-state index in [0.29, 0.717) is 13.0 Å². The van der Waals surface area contributed by atoms with Crippen molar-refractivity contribution in [2.75, 3.05) is 27.9 Å². The van der Waals surface area contributed by atoms with Gasteiger partial charge in [0.25, 0.3) is 0 Å². The van der Waals surface area contributed by atoms with E-state index < -0.39 is 5.79 Å². The van der Waals surface area contributed by atoms with Crippen molar-refractivity contribution in [3.63, 3.8) is 0 Å². The van der Waals surface area contributed by atoms with E-state index in [1.807, 2.05) is 0 Å². The lowest BCUT2D eigenvalue weighted by Crippen LogP contribution is -2.34. The molecule has 0 amide bonds. The second-order valence-electron chi connectivity index (χ2n) is 2.50. The van der Waals surface area contributed by atoms with Gasteiger partial charge in [0, 0.05) is 21.3 Å². The predicted molar refractivity (Wildman–Crippen MR) is 38.1 cm³/mol. The van der Waals surface area contributed by atoms with Crippen molar-refractivity contribution in [3.05, 3.63) is 0 Å². The third-order valence-corrected chi connectivity index (χ3v) is 1.97. The molecule has 0 radical (unpaired) electrons. The standard InChI is InChI=1S/C7H14O4/c1-8-6-4-7(9-2,10-3)5-11-6/h6H,4-5H2,1-3H3. The molecular formula is C7H14O4. The van der Waals surface area contributed by atoms with Crippen LogP contribution in [0.1, 0.15) is 6.42 Å². The van der Waals surface area contributed by atoms with Crippen molar-refractivity contribution >= 4 is 0 Å². The summed E-state index contributed by atoms with van der Waals surface area (Å²) in [6, 6.07) is 0. The lowest BCUT2D eigenvalue weighted by atomic mass is 10.2. The van der Waals surface area contributed by atoms with E-state index >= 15 is 0 Å². The molecule has 0 bridgehead atoms. The van der Waals surface area contributed by atoms with Crippen LogP contribution in [0.25, 0.3) is 0 Å². The third kappa shape index (κ3) is 1.70. The molecule has 1 atom stereocenters. The van der Waals surface area contributed by atoms with E-state index in [-0.39, 0.29) is 6.29 Å². The highest BCUT2D eigenvalue weighted by atomic mass is 16.7. The normalized spacial score (nSPS) is 29.2. The Morgan fingerprint density at radius 3 is 2.18 bits per heavy atom. The predicted octanol–water partition coefficient (Wildman–Crippen LogP) is 0.368. The van der Waals surface area contributed by atoms with Gasteiger partial charge in [-0.15, -0.1) is 0 Å². The number of ether oxygens (including phenoxy) is 4. The number of methoxy groups -OCH3 is 3.